The van der Waals surface area contributed by atoms with Crippen molar-refractivity contribution < 1.29 is 27.5 Å². The Balaban J connectivity index is 2.04. The topological polar surface area (TPSA) is 123 Å². The molecule has 1 aromatic carbocycles. The molecular weight excluding hydrogens is 474 g/mol. The van der Waals surface area contributed by atoms with Gasteiger partial charge >= 0.3 is 0 Å². The lowest BCUT2D eigenvalue weighted by Crippen LogP contribution is -2.48. The van der Waals surface area contributed by atoms with Gasteiger partial charge in [-0.15, -0.1) is 0 Å². The molecule has 3 atom stereocenters. The molecule has 0 saturated carbocycles. The van der Waals surface area contributed by atoms with Crippen molar-refractivity contribution >= 4 is 27.5 Å². The van der Waals surface area contributed by atoms with Crippen LogP contribution in [-0.2, 0) is 26.6 Å². The summed E-state index contributed by atoms with van der Waals surface area (Å²) in [6, 6.07) is 4.21. The van der Waals surface area contributed by atoms with Crippen LogP contribution in [0, 0.1) is 5.92 Å². The number of imidazole rings is 1. The zero-order chi connectivity index (χ0) is 25.9. The lowest BCUT2D eigenvalue weighted by atomic mass is 10.0. The van der Waals surface area contributed by atoms with Crippen LogP contribution in [0.25, 0.3) is 0 Å². The second-order valence-corrected chi connectivity index (χ2v) is 10.8. The van der Waals surface area contributed by atoms with Crippen LogP contribution < -0.4 is 10.1 Å². The van der Waals surface area contributed by atoms with Crippen molar-refractivity contribution in [1.29, 1.82) is 0 Å². The smallest absolute Gasteiger partial charge is 0.262 e. The molecule has 35 heavy (non-hydrogen) atoms. The van der Waals surface area contributed by atoms with Crippen LogP contribution in [0.15, 0.2) is 35.7 Å². The van der Waals surface area contributed by atoms with Crippen molar-refractivity contribution in [2.45, 2.75) is 37.9 Å². The number of amides is 2. The minimum atomic E-state index is -3.93. The number of carbonyl (C=O) groups is 2. The SMILES string of the molecule is CO[C@@H]1CN(C)C(=O)c2cc(NC(C)=O)ccc2OC[C@@H](C)N(S(=O)(=O)c2cn(C)cn2)C[C@@H]1C. The Kier molecular flexibility index (Phi) is 8.18. The van der Waals surface area contributed by atoms with E-state index in [9.17, 15) is 18.0 Å². The Morgan fingerprint density at radius 3 is 2.54 bits per heavy atom. The van der Waals surface area contributed by atoms with E-state index < -0.39 is 22.2 Å². The number of rotatable bonds is 4. The third-order valence-electron chi connectivity index (χ3n) is 5.96. The quantitative estimate of drug-likeness (QED) is 0.666. The molecule has 1 aromatic heterocycles. The molecule has 192 valence electrons. The van der Waals surface area contributed by atoms with E-state index in [1.165, 1.54) is 35.8 Å². The number of carbonyl (C=O) groups excluding carboxylic acids is 2. The molecule has 0 spiro atoms. The number of methoxy groups -OCH3 is 1. The molecule has 0 aliphatic carbocycles. The standard InChI is InChI=1S/C23H33N5O6S/c1-15-10-28(35(31,32)22-12-26(4)14-24-22)16(2)13-34-20-8-7-18(25-17(3)29)9-19(20)23(30)27(5)11-21(15)33-6/h7-9,12,14-16,21H,10-11,13H2,1-6H3,(H,25,29)/t15-,16+,21+/m0/s1. The summed E-state index contributed by atoms with van der Waals surface area (Å²) in [5.74, 6) is -0.522. The molecule has 11 nitrogen and oxygen atoms in total. The number of hydrogen-bond donors (Lipinski definition) is 1. The molecule has 0 bridgehead atoms. The minimum Gasteiger partial charge on any atom is -0.491 e. The fourth-order valence-electron chi connectivity index (χ4n) is 4.00. The van der Waals surface area contributed by atoms with Crippen LogP contribution in [0.3, 0.4) is 0 Å². The fourth-order valence-corrected chi connectivity index (χ4v) is 5.69. The molecule has 1 aliphatic rings. The second-order valence-electron chi connectivity index (χ2n) is 8.94. The van der Waals surface area contributed by atoms with Crippen molar-refractivity contribution in [3.8, 4) is 5.75 Å². The number of sulfonamides is 1. The van der Waals surface area contributed by atoms with Gasteiger partial charge in [-0.25, -0.2) is 13.4 Å². The third-order valence-corrected chi connectivity index (χ3v) is 7.83. The van der Waals surface area contributed by atoms with Crippen molar-refractivity contribution in [1.82, 2.24) is 18.8 Å². The number of benzene rings is 1. The molecular formula is C23H33N5O6S. The molecule has 2 heterocycles. The van der Waals surface area contributed by atoms with Gasteiger partial charge < -0.3 is 24.3 Å². The summed E-state index contributed by atoms with van der Waals surface area (Å²) in [7, 11) is 0.964. The van der Waals surface area contributed by atoms with E-state index in [0.717, 1.165) is 0 Å². The first-order chi connectivity index (χ1) is 16.4. The largest absolute Gasteiger partial charge is 0.491 e. The highest BCUT2D eigenvalue weighted by Crippen LogP contribution is 2.27. The lowest BCUT2D eigenvalue weighted by Gasteiger charge is -2.35. The Hall–Kier alpha value is -2.96. The summed E-state index contributed by atoms with van der Waals surface area (Å²) in [4.78, 5) is 30.4. The first-order valence-corrected chi connectivity index (χ1v) is 12.7. The summed E-state index contributed by atoms with van der Waals surface area (Å²) in [6.07, 6.45) is 2.47. The molecule has 0 saturated heterocycles. The summed E-state index contributed by atoms with van der Waals surface area (Å²) >= 11 is 0. The molecule has 3 rings (SSSR count). The molecule has 0 radical (unpaired) electrons. The normalized spacial score (nSPS) is 22.5. The van der Waals surface area contributed by atoms with Gasteiger partial charge in [-0.1, -0.05) is 6.92 Å². The van der Waals surface area contributed by atoms with Gasteiger partial charge in [-0.05, 0) is 31.0 Å². The van der Waals surface area contributed by atoms with Gasteiger partial charge in [0.25, 0.3) is 15.9 Å². The van der Waals surface area contributed by atoms with E-state index >= 15 is 0 Å². The molecule has 0 fully saturated rings. The first-order valence-electron chi connectivity index (χ1n) is 11.3. The van der Waals surface area contributed by atoms with E-state index in [0.29, 0.717) is 11.4 Å². The number of aryl methyl sites for hydroxylation is 1. The number of nitrogens with zero attached hydrogens (tertiary/aromatic N) is 4. The average Bonchev–Trinajstić information content (AvgIpc) is 3.25. The number of nitrogens with one attached hydrogen (secondary N) is 1. The Labute approximate surface area is 206 Å². The lowest BCUT2D eigenvalue weighted by molar-refractivity contribution is -0.114. The van der Waals surface area contributed by atoms with E-state index in [1.807, 2.05) is 6.92 Å². The number of hydrogen-bond acceptors (Lipinski definition) is 7. The van der Waals surface area contributed by atoms with Crippen molar-refractivity contribution in [2.75, 3.05) is 39.2 Å². The van der Waals surface area contributed by atoms with Gasteiger partial charge in [0.05, 0.1) is 24.0 Å². The summed E-state index contributed by atoms with van der Waals surface area (Å²) in [5.41, 5.74) is 0.714. The summed E-state index contributed by atoms with van der Waals surface area (Å²) in [6.45, 7) is 5.40. The zero-order valence-corrected chi connectivity index (χ0v) is 21.7. The molecule has 1 aliphatic heterocycles. The van der Waals surface area contributed by atoms with Crippen LogP contribution in [-0.4, -0.2) is 85.0 Å². The Morgan fingerprint density at radius 2 is 1.94 bits per heavy atom. The summed E-state index contributed by atoms with van der Waals surface area (Å²) < 4.78 is 41.7. The van der Waals surface area contributed by atoms with Gasteiger partial charge in [0.2, 0.25) is 5.91 Å². The predicted octanol–water partition coefficient (Wildman–Crippen LogP) is 1.57. The van der Waals surface area contributed by atoms with Gasteiger partial charge in [-0.3, -0.25) is 9.59 Å². The minimum absolute atomic E-state index is 0.0000890. The molecule has 12 heteroatoms. The number of likely N-dealkylation sites (N-methyl/N-ethyl adjacent to an activating group) is 1. The number of aromatic nitrogens is 2. The van der Waals surface area contributed by atoms with E-state index in [2.05, 4.69) is 10.3 Å². The van der Waals surface area contributed by atoms with Crippen LogP contribution in [0.2, 0.25) is 0 Å². The van der Waals surface area contributed by atoms with Crippen LogP contribution in [0.4, 0.5) is 5.69 Å². The van der Waals surface area contributed by atoms with E-state index in [-0.39, 0.29) is 48.0 Å². The van der Waals surface area contributed by atoms with Gasteiger partial charge in [0.1, 0.15) is 12.4 Å². The maximum Gasteiger partial charge on any atom is 0.262 e. The predicted molar refractivity (Wildman–Crippen MR) is 130 cm³/mol. The molecule has 0 unspecified atom stereocenters. The second kappa shape index (κ2) is 10.8. The third kappa shape index (κ3) is 6.00. The molecule has 2 amide bonds. The maximum absolute atomic E-state index is 13.5. The van der Waals surface area contributed by atoms with Crippen molar-refractivity contribution in [3.05, 3.63) is 36.3 Å². The highest BCUT2D eigenvalue weighted by atomic mass is 32.2. The fraction of sp³-hybridized carbons (Fsp3) is 0.522. The number of ether oxygens (including phenoxy) is 2. The van der Waals surface area contributed by atoms with Gasteiger partial charge in [0.15, 0.2) is 5.03 Å². The van der Waals surface area contributed by atoms with E-state index in [1.54, 1.807) is 43.8 Å². The zero-order valence-electron chi connectivity index (χ0n) is 20.9. The number of fused-ring (bicyclic) bond motifs is 1. The van der Waals surface area contributed by atoms with Crippen LogP contribution >= 0.6 is 0 Å². The maximum atomic E-state index is 13.5. The first kappa shape index (κ1) is 26.6. The monoisotopic (exact) mass is 507 g/mol. The van der Waals surface area contributed by atoms with E-state index in [4.69, 9.17) is 9.47 Å². The Bertz CT molecular complexity index is 1180. The number of anilines is 1. The highest BCUT2D eigenvalue weighted by Gasteiger charge is 2.35. The van der Waals surface area contributed by atoms with Gasteiger partial charge in [-0.2, -0.15) is 4.31 Å². The van der Waals surface area contributed by atoms with Crippen molar-refractivity contribution in [3.63, 3.8) is 0 Å². The van der Waals surface area contributed by atoms with Crippen LogP contribution in [0.1, 0.15) is 31.1 Å². The highest BCUT2D eigenvalue weighted by molar-refractivity contribution is 7.89. The van der Waals surface area contributed by atoms with Crippen LogP contribution in [0.5, 0.6) is 5.75 Å². The Morgan fingerprint density at radius 1 is 1.23 bits per heavy atom. The van der Waals surface area contributed by atoms with Gasteiger partial charge in [0, 0.05) is 53.1 Å². The molecule has 2 aromatic rings. The summed E-state index contributed by atoms with van der Waals surface area (Å²) in [5, 5.41) is 2.62. The van der Waals surface area contributed by atoms with Crippen molar-refractivity contribution in [2.24, 2.45) is 13.0 Å². The molecule has 1 N–H and O–H groups in total. The average molecular weight is 508 g/mol.